The van der Waals surface area contributed by atoms with E-state index in [2.05, 4.69) is 9.88 Å². The second-order valence-corrected chi connectivity index (χ2v) is 7.06. The third-order valence-electron chi connectivity index (χ3n) is 5.37. The number of aryl methyl sites for hydroxylation is 2. The minimum absolute atomic E-state index is 0.122. The molecule has 1 saturated heterocycles. The molecule has 4 aromatic rings. The summed E-state index contributed by atoms with van der Waals surface area (Å²) in [6.07, 6.45) is 2.94. The van der Waals surface area contributed by atoms with E-state index in [-0.39, 0.29) is 5.69 Å². The van der Waals surface area contributed by atoms with Crippen LogP contribution in [0.3, 0.4) is 0 Å². The topological polar surface area (TPSA) is 56.0 Å². The van der Waals surface area contributed by atoms with Crippen molar-refractivity contribution in [2.45, 2.75) is 13.3 Å². The molecule has 3 aromatic heterocycles. The van der Waals surface area contributed by atoms with Gasteiger partial charge in [0.25, 0.3) is 0 Å². The molecule has 0 N–H and O–H groups in total. The summed E-state index contributed by atoms with van der Waals surface area (Å²) in [6, 6.07) is 9.54. The summed E-state index contributed by atoms with van der Waals surface area (Å²) in [5, 5.41) is 0.858. The van der Waals surface area contributed by atoms with Crippen molar-refractivity contribution in [1.82, 2.24) is 19.1 Å². The van der Waals surface area contributed by atoms with Gasteiger partial charge in [-0.25, -0.2) is 9.78 Å². The average molecular weight is 355 g/mol. The highest BCUT2D eigenvalue weighted by Crippen LogP contribution is 2.27. The van der Waals surface area contributed by atoms with Crippen LogP contribution in [0.15, 0.2) is 41.3 Å². The number of imidazole rings is 1. The Morgan fingerprint density at radius 2 is 1.96 bits per heavy atom. The number of anilines is 1. The van der Waals surface area contributed by atoms with Gasteiger partial charge in [0.2, 0.25) is 0 Å². The molecule has 1 aliphatic rings. The summed E-state index contributed by atoms with van der Waals surface area (Å²) in [5.41, 5.74) is 4.50. The zero-order valence-corrected chi connectivity index (χ0v) is 15.3. The molecule has 6 nitrogen and oxygen atoms in total. The maximum atomic E-state index is 13.1. The van der Waals surface area contributed by atoms with Gasteiger partial charge in [0.15, 0.2) is 0 Å². The average Bonchev–Trinajstić information content (AvgIpc) is 2.85. The maximum absolute atomic E-state index is 13.1. The number of nitrogens with zero attached hydrogens (tertiary/aromatic N) is 5. The SMILES string of the molecule is [B]c1ccc2ncc3c(c2c1)n(-c1ccc(N2CCC2)nc1C)c(=O)n3C. The smallest absolute Gasteiger partial charge is 0.333 e. The second kappa shape index (κ2) is 5.71. The Morgan fingerprint density at radius 3 is 2.67 bits per heavy atom. The normalized spacial score (nSPS) is 14.1. The molecule has 132 valence electrons. The van der Waals surface area contributed by atoms with Gasteiger partial charge in [0.05, 0.1) is 34.1 Å². The van der Waals surface area contributed by atoms with Crippen molar-refractivity contribution in [3.05, 3.63) is 52.7 Å². The van der Waals surface area contributed by atoms with Crippen LogP contribution in [0.5, 0.6) is 0 Å². The van der Waals surface area contributed by atoms with Crippen LogP contribution in [0.25, 0.3) is 27.6 Å². The first-order valence-corrected chi connectivity index (χ1v) is 9.03. The van der Waals surface area contributed by atoms with Crippen molar-refractivity contribution in [3.8, 4) is 5.69 Å². The zero-order chi connectivity index (χ0) is 18.7. The lowest BCUT2D eigenvalue weighted by Crippen LogP contribution is -2.37. The number of pyridine rings is 2. The summed E-state index contributed by atoms with van der Waals surface area (Å²) in [5.74, 6) is 0.964. The molecule has 0 unspecified atom stereocenters. The predicted molar refractivity (Wildman–Crippen MR) is 109 cm³/mol. The minimum Gasteiger partial charge on any atom is -0.356 e. The lowest BCUT2D eigenvalue weighted by molar-refractivity contribution is 0.609. The molecule has 1 aliphatic heterocycles. The van der Waals surface area contributed by atoms with Gasteiger partial charge in [0.1, 0.15) is 13.7 Å². The highest BCUT2D eigenvalue weighted by atomic mass is 16.1. The molecule has 0 bridgehead atoms. The fourth-order valence-electron chi connectivity index (χ4n) is 3.74. The number of rotatable bonds is 2. The Morgan fingerprint density at radius 1 is 1.15 bits per heavy atom. The molecular weight excluding hydrogens is 337 g/mol. The minimum atomic E-state index is -0.122. The Labute approximate surface area is 157 Å². The molecule has 1 aromatic carbocycles. The summed E-state index contributed by atoms with van der Waals surface area (Å²) in [4.78, 5) is 24.6. The first-order chi connectivity index (χ1) is 13.0. The van der Waals surface area contributed by atoms with Gasteiger partial charge in [-0.05, 0) is 31.5 Å². The Bertz CT molecular complexity index is 1270. The summed E-state index contributed by atoms with van der Waals surface area (Å²) < 4.78 is 3.34. The number of fused-ring (bicyclic) bond motifs is 3. The molecule has 0 atom stereocenters. The van der Waals surface area contributed by atoms with Crippen LogP contribution in [-0.2, 0) is 7.05 Å². The summed E-state index contributed by atoms with van der Waals surface area (Å²) in [6.45, 7) is 4.02. The van der Waals surface area contributed by atoms with Gasteiger partial charge < -0.3 is 4.90 Å². The monoisotopic (exact) mass is 355 g/mol. The zero-order valence-electron chi connectivity index (χ0n) is 15.3. The van der Waals surface area contributed by atoms with E-state index in [1.54, 1.807) is 22.4 Å². The Balaban J connectivity index is 1.84. The predicted octanol–water partition coefficient (Wildman–Crippen LogP) is 1.58. The summed E-state index contributed by atoms with van der Waals surface area (Å²) >= 11 is 0. The third-order valence-corrected chi connectivity index (χ3v) is 5.37. The largest absolute Gasteiger partial charge is 0.356 e. The van der Waals surface area contributed by atoms with Crippen LogP contribution >= 0.6 is 0 Å². The highest BCUT2D eigenvalue weighted by molar-refractivity contribution is 6.33. The quantitative estimate of drug-likeness (QED) is 0.513. The Hall–Kier alpha value is -3.09. The molecule has 7 heteroatoms. The van der Waals surface area contributed by atoms with E-state index in [0.29, 0.717) is 5.46 Å². The van der Waals surface area contributed by atoms with Gasteiger partial charge in [-0.15, -0.1) is 0 Å². The fourth-order valence-corrected chi connectivity index (χ4v) is 3.74. The molecule has 27 heavy (non-hydrogen) atoms. The van der Waals surface area contributed by atoms with Crippen LogP contribution < -0.4 is 16.1 Å². The molecule has 0 spiro atoms. The van der Waals surface area contributed by atoms with E-state index in [1.165, 1.54) is 6.42 Å². The molecular formula is C20H18BN5O. The molecule has 0 aliphatic carbocycles. The maximum Gasteiger partial charge on any atom is 0.333 e. The van der Waals surface area contributed by atoms with Crippen molar-refractivity contribution < 1.29 is 0 Å². The number of aromatic nitrogens is 4. The second-order valence-electron chi connectivity index (χ2n) is 7.06. The molecule has 2 radical (unpaired) electrons. The standard InChI is InChI=1S/C20H18BN5O/c1-12-16(6-7-18(23-12)25-8-3-9-25)26-19-14-10-13(21)4-5-15(14)22-11-17(19)24(2)20(26)27/h4-7,10-11H,3,8-9H2,1-2H3. The molecule has 5 rings (SSSR count). The number of hydrogen-bond donors (Lipinski definition) is 0. The van der Waals surface area contributed by atoms with E-state index in [0.717, 1.165) is 52.2 Å². The molecule has 0 saturated carbocycles. The molecule has 4 heterocycles. The van der Waals surface area contributed by atoms with Gasteiger partial charge in [-0.1, -0.05) is 17.6 Å². The van der Waals surface area contributed by atoms with Crippen LogP contribution in [0.2, 0.25) is 0 Å². The first kappa shape index (κ1) is 16.1. The van der Waals surface area contributed by atoms with E-state index >= 15 is 0 Å². The van der Waals surface area contributed by atoms with Crippen molar-refractivity contribution >= 4 is 41.1 Å². The van der Waals surface area contributed by atoms with Crippen molar-refractivity contribution in [3.63, 3.8) is 0 Å². The molecule has 1 fully saturated rings. The lowest BCUT2D eigenvalue weighted by Gasteiger charge is -2.32. The van der Waals surface area contributed by atoms with E-state index in [9.17, 15) is 4.79 Å². The van der Waals surface area contributed by atoms with Gasteiger partial charge >= 0.3 is 5.69 Å². The fraction of sp³-hybridized carbons (Fsp3) is 0.250. The van der Waals surface area contributed by atoms with Gasteiger partial charge in [0, 0.05) is 25.5 Å². The van der Waals surface area contributed by atoms with Crippen LogP contribution in [-0.4, -0.2) is 40.0 Å². The number of hydrogen-bond acceptors (Lipinski definition) is 4. The van der Waals surface area contributed by atoms with Gasteiger partial charge in [-0.2, -0.15) is 0 Å². The van der Waals surface area contributed by atoms with Crippen molar-refractivity contribution in [2.75, 3.05) is 18.0 Å². The van der Waals surface area contributed by atoms with E-state index in [4.69, 9.17) is 12.8 Å². The van der Waals surface area contributed by atoms with Crippen molar-refractivity contribution in [1.29, 1.82) is 0 Å². The van der Waals surface area contributed by atoms with Gasteiger partial charge in [-0.3, -0.25) is 14.1 Å². The highest BCUT2D eigenvalue weighted by Gasteiger charge is 2.20. The van der Waals surface area contributed by atoms with Crippen LogP contribution in [0.1, 0.15) is 12.1 Å². The third kappa shape index (κ3) is 2.31. The van der Waals surface area contributed by atoms with Crippen LogP contribution in [0.4, 0.5) is 5.82 Å². The summed E-state index contributed by atoms with van der Waals surface area (Å²) in [7, 11) is 7.78. The Kier molecular flexibility index (Phi) is 3.41. The molecule has 0 amide bonds. The van der Waals surface area contributed by atoms with E-state index in [1.807, 2.05) is 37.3 Å². The lowest BCUT2D eigenvalue weighted by atomic mass is 9.94. The van der Waals surface area contributed by atoms with E-state index < -0.39 is 0 Å². The van der Waals surface area contributed by atoms with Crippen molar-refractivity contribution in [2.24, 2.45) is 7.05 Å². The number of benzene rings is 1. The first-order valence-electron chi connectivity index (χ1n) is 9.03. The van der Waals surface area contributed by atoms with Crippen LogP contribution in [0, 0.1) is 6.92 Å².